The molecule has 0 amide bonds. The number of ether oxygens (including phenoxy) is 1. The van der Waals surface area contributed by atoms with E-state index < -0.39 is 40.8 Å². The predicted octanol–water partition coefficient (Wildman–Crippen LogP) is 3.27. The smallest absolute Gasteiger partial charge is 0.345 e. The maximum Gasteiger partial charge on any atom is 0.345 e. The van der Waals surface area contributed by atoms with Gasteiger partial charge in [0.15, 0.2) is 0 Å². The Balaban J connectivity index is 1.93. The third kappa shape index (κ3) is 4.46. The number of halogens is 3. The highest BCUT2D eigenvalue weighted by Gasteiger charge is 2.29. The summed E-state index contributed by atoms with van der Waals surface area (Å²) in [5.41, 5.74) is -0.994. The average Bonchev–Trinajstić information content (AvgIpc) is 3.17. The van der Waals surface area contributed by atoms with Gasteiger partial charge in [-0.1, -0.05) is 35.0 Å². The summed E-state index contributed by atoms with van der Waals surface area (Å²) >= 11 is 6.21. The molecule has 0 bridgehead atoms. The van der Waals surface area contributed by atoms with Crippen LogP contribution in [0.1, 0.15) is 35.3 Å². The van der Waals surface area contributed by atoms with Gasteiger partial charge in [0.05, 0.1) is 29.4 Å². The van der Waals surface area contributed by atoms with Crippen LogP contribution in [0.15, 0.2) is 52.2 Å². The van der Waals surface area contributed by atoms with Crippen LogP contribution in [-0.4, -0.2) is 36.7 Å². The van der Waals surface area contributed by atoms with Crippen molar-refractivity contribution in [3.63, 3.8) is 0 Å². The van der Waals surface area contributed by atoms with Crippen molar-refractivity contribution in [2.45, 2.75) is 26.3 Å². The summed E-state index contributed by atoms with van der Waals surface area (Å²) < 4.78 is 36.3. The minimum absolute atomic E-state index is 0.00240. The highest BCUT2D eigenvalue weighted by molar-refractivity contribution is 6.32. The number of benzene rings is 2. The van der Waals surface area contributed by atoms with Gasteiger partial charge in [0.2, 0.25) is 0 Å². The Bertz CT molecular complexity index is 1570. The number of esters is 1. The second-order valence-electron chi connectivity index (χ2n) is 7.86. The molecule has 0 atom stereocenters. The third-order valence-electron chi connectivity index (χ3n) is 5.42. The lowest BCUT2D eigenvalue weighted by Crippen LogP contribution is -2.42. The van der Waals surface area contributed by atoms with Crippen LogP contribution in [0.5, 0.6) is 0 Å². The lowest BCUT2D eigenvalue weighted by molar-refractivity contribution is 0.0175. The fraction of sp³-hybridized carbons (Fsp3) is 0.261. The van der Waals surface area contributed by atoms with E-state index in [9.17, 15) is 23.2 Å². The molecule has 0 radical (unpaired) electrons. The van der Waals surface area contributed by atoms with Crippen molar-refractivity contribution in [1.29, 1.82) is 0 Å². The largest absolute Gasteiger partial charge is 0.462 e. The van der Waals surface area contributed by atoms with Gasteiger partial charge in [-0.2, -0.15) is 0 Å². The zero-order valence-corrected chi connectivity index (χ0v) is 19.7. The molecule has 0 aliphatic carbocycles. The minimum atomic E-state index is -3.24. The molecule has 0 saturated carbocycles. The van der Waals surface area contributed by atoms with E-state index in [1.54, 1.807) is 36.9 Å². The molecule has 0 N–H and O–H groups in total. The highest BCUT2D eigenvalue weighted by Crippen LogP contribution is 2.34. The van der Waals surface area contributed by atoms with Gasteiger partial charge in [0, 0.05) is 25.7 Å². The number of carbonyl (C=O) groups excluding carboxylic acids is 1. The molecule has 2 aromatic heterocycles. The van der Waals surface area contributed by atoms with E-state index in [0.29, 0.717) is 23.6 Å². The number of nitrogens with zero attached hydrogens (tertiary/aromatic N) is 5. The van der Waals surface area contributed by atoms with Crippen LogP contribution in [0.25, 0.3) is 16.7 Å². The van der Waals surface area contributed by atoms with Crippen molar-refractivity contribution >= 4 is 28.6 Å². The molecule has 35 heavy (non-hydrogen) atoms. The number of aryl methyl sites for hydroxylation is 1. The summed E-state index contributed by atoms with van der Waals surface area (Å²) in [6.45, 7) is 1.83. The molecular weight excluding hydrogens is 484 g/mol. The maximum absolute atomic E-state index is 14.0. The van der Waals surface area contributed by atoms with Crippen LogP contribution in [0.4, 0.5) is 8.78 Å². The molecule has 12 heteroatoms. The molecule has 0 saturated heterocycles. The van der Waals surface area contributed by atoms with E-state index in [2.05, 4.69) is 10.3 Å². The second-order valence-corrected chi connectivity index (χ2v) is 8.24. The standard InChI is InChI=1S/C23H20ClF2N5O4/c1-4-35-21(33)15-12-30(14-8-9-18-17(10-14)27-28-29(18)3)22(34)31(20(15)32)11-13-6-5-7-16(19(13)24)23(2,25)26/h5-10,12H,4,11H2,1-3H3. The molecule has 2 aromatic carbocycles. The summed E-state index contributed by atoms with van der Waals surface area (Å²) in [5.74, 6) is -4.17. The quantitative estimate of drug-likeness (QED) is 0.374. The Morgan fingerprint density at radius 2 is 1.94 bits per heavy atom. The molecule has 2 heterocycles. The molecule has 0 spiro atoms. The molecule has 0 aliphatic heterocycles. The minimum Gasteiger partial charge on any atom is -0.462 e. The molecule has 0 unspecified atom stereocenters. The Morgan fingerprint density at radius 3 is 2.63 bits per heavy atom. The lowest BCUT2D eigenvalue weighted by atomic mass is 10.1. The van der Waals surface area contributed by atoms with Crippen LogP contribution < -0.4 is 11.2 Å². The van der Waals surface area contributed by atoms with E-state index in [1.807, 2.05) is 0 Å². The van der Waals surface area contributed by atoms with Crippen LogP contribution in [0.3, 0.4) is 0 Å². The van der Waals surface area contributed by atoms with Gasteiger partial charge < -0.3 is 4.74 Å². The molecular formula is C23H20ClF2N5O4. The van der Waals surface area contributed by atoms with Crippen LogP contribution in [0, 0.1) is 0 Å². The monoisotopic (exact) mass is 503 g/mol. The summed E-state index contributed by atoms with van der Waals surface area (Å²) in [6.07, 6.45) is 1.09. The number of aromatic nitrogens is 5. The van der Waals surface area contributed by atoms with Crippen molar-refractivity contribution in [1.82, 2.24) is 24.1 Å². The van der Waals surface area contributed by atoms with Crippen molar-refractivity contribution in [3.05, 3.63) is 85.1 Å². The average molecular weight is 504 g/mol. The number of hydrogen-bond donors (Lipinski definition) is 0. The van der Waals surface area contributed by atoms with Crippen molar-refractivity contribution in [2.75, 3.05) is 6.61 Å². The van der Waals surface area contributed by atoms with Gasteiger partial charge >= 0.3 is 11.7 Å². The first-order valence-corrected chi connectivity index (χ1v) is 10.9. The molecule has 182 valence electrons. The summed E-state index contributed by atoms with van der Waals surface area (Å²) in [7, 11) is 1.71. The SMILES string of the molecule is CCOC(=O)c1cn(-c2ccc3c(c2)nnn3C)c(=O)n(Cc2cccc(C(C)(F)F)c2Cl)c1=O. The zero-order valence-electron chi connectivity index (χ0n) is 19.0. The Kier molecular flexibility index (Phi) is 6.28. The fourth-order valence-corrected chi connectivity index (χ4v) is 4.02. The summed E-state index contributed by atoms with van der Waals surface area (Å²) in [4.78, 5) is 39.1. The van der Waals surface area contributed by atoms with E-state index in [4.69, 9.17) is 16.3 Å². The van der Waals surface area contributed by atoms with Gasteiger partial charge in [-0.05, 0) is 30.7 Å². The fourth-order valence-electron chi connectivity index (χ4n) is 3.67. The van der Waals surface area contributed by atoms with Crippen LogP contribution in [0.2, 0.25) is 5.02 Å². The number of hydrogen-bond acceptors (Lipinski definition) is 6. The first-order valence-electron chi connectivity index (χ1n) is 10.5. The van der Waals surface area contributed by atoms with E-state index in [-0.39, 0.29) is 17.2 Å². The topological polar surface area (TPSA) is 101 Å². The Morgan fingerprint density at radius 1 is 1.20 bits per heavy atom. The predicted molar refractivity (Wildman–Crippen MR) is 124 cm³/mol. The molecule has 0 fully saturated rings. The highest BCUT2D eigenvalue weighted by atomic mass is 35.5. The van der Waals surface area contributed by atoms with Gasteiger partial charge in [-0.25, -0.2) is 23.1 Å². The first kappa shape index (κ1) is 24.3. The number of rotatable bonds is 6. The van der Waals surface area contributed by atoms with Gasteiger partial charge in [0.25, 0.3) is 11.5 Å². The number of fused-ring (bicyclic) bond motifs is 1. The van der Waals surface area contributed by atoms with E-state index >= 15 is 0 Å². The van der Waals surface area contributed by atoms with Crippen LogP contribution >= 0.6 is 11.6 Å². The maximum atomic E-state index is 14.0. The van der Waals surface area contributed by atoms with Gasteiger partial charge in [-0.15, -0.1) is 5.10 Å². The molecule has 9 nitrogen and oxygen atoms in total. The first-order chi connectivity index (χ1) is 16.5. The van der Waals surface area contributed by atoms with Gasteiger partial charge in [0.1, 0.15) is 11.1 Å². The van der Waals surface area contributed by atoms with Gasteiger partial charge in [-0.3, -0.25) is 13.9 Å². The van der Waals surface area contributed by atoms with Crippen molar-refractivity contribution in [3.8, 4) is 5.69 Å². The summed E-state index contributed by atoms with van der Waals surface area (Å²) in [6, 6.07) is 8.80. The third-order valence-corrected chi connectivity index (χ3v) is 5.86. The van der Waals surface area contributed by atoms with Crippen LogP contribution in [-0.2, 0) is 24.3 Å². The summed E-state index contributed by atoms with van der Waals surface area (Å²) in [5, 5.41) is 7.67. The number of carbonyl (C=O) groups is 1. The Hall–Kier alpha value is -3.86. The second kappa shape index (κ2) is 9.06. The van der Waals surface area contributed by atoms with Crippen molar-refractivity contribution in [2.24, 2.45) is 7.05 Å². The normalized spacial score (nSPS) is 11.7. The lowest BCUT2D eigenvalue weighted by Gasteiger charge is -2.17. The molecule has 0 aliphatic rings. The molecule has 4 rings (SSSR count). The Labute approximate surface area is 202 Å². The van der Waals surface area contributed by atoms with E-state index in [1.165, 1.54) is 12.1 Å². The number of alkyl halides is 2. The molecule has 4 aromatic rings. The zero-order chi connectivity index (χ0) is 25.5. The van der Waals surface area contributed by atoms with E-state index in [0.717, 1.165) is 21.4 Å². The van der Waals surface area contributed by atoms with Crippen molar-refractivity contribution < 1.29 is 18.3 Å².